The maximum Gasteiger partial charge on any atom is 0.163 e. The number of hydrogen-bond acceptors (Lipinski definition) is 3. The number of nitrogens with zero attached hydrogens (tertiary/aromatic N) is 3. The summed E-state index contributed by atoms with van der Waals surface area (Å²) in [5.74, 6) is 0. The first kappa shape index (κ1) is 6.94. The van der Waals surface area contributed by atoms with E-state index in [0.717, 1.165) is 5.71 Å². The van der Waals surface area contributed by atoms with Crippen molar-refractivity contribution in [3.63, 3.8) is 0 Å². The zero-order valence-corrected chi connectivity index (χ0v) is 6.13. The van der Waals surface area contributed by atoms with Crippen LogP contribution in [0.1, 0.15) is 13.8 Å². The molecule has 0 saturated heterocycles. The van der Waals surface area contributed by atoms with E-state index in [2.05, 4.69) is 16.1 Å². The smallest absolute Gasteiger partial charge is 0.163 e. The van der Waals surface area contributed by atoms with Crippen molar-refractivity contribution in [3.05, 3.63) is 0 Å². The lowest BCUT2D eigenvalue weighted by Gasteiger charge is -2.16. The van der Waals surface area contributed by atoms with Crippen molar-refractivity contribution in [3.8, 4) is 6.07 Å². The van der Waals surface area contributed by atoms with Crippen molar-refractivity contribution >= 4 is 11.9 Å². The van der Waals surface area contributed by atoms with Crippen LogP contribution in [0.15, 0.2) is 9.98 Å². The van der Waals surface area contributed by atoms with Gasteiger partial charge in [-0.25, -0.2) is 0 Å². The molecule has 52 valence electrons. The molecule has 0 aromatic rings. The normalized spacial score (nSPS) is 31.1. The molecule has 1 unspecified atom stereocenters. The lowest BCUT2D eigenvalue weighted by Crippen LogP contribution is -2.28. The Bertz CT molecular complexity index is 234. The fourth-order valence-corrected chi connectivity index (χ4v) is 0.660. The molecule has 0 saturated carbocycles. The van der Waals surface area contributed by atoms with Crippen molar-refractivity contribution < 1.29 is 0 Å². The third-order valence-corrected chi connectivity index (χ3v) is 1.41. The molecule has 0 spiro atoms. The third-order valence-electron chi connectivity index (χ3n) is 1.41. The maximum absolute atomic E-state index is 8.60. The summed E-state index contributed by atoms with van der Waals surface area (Å²) >= 11 is 0. The van der Waals surface area contributed by atoms with E-state index in [1.807, 2.05) is 6.92 Å². The average Bonchev–Trinajstić information content (AvgIpc) is 1.96. The fourth-order valence-electron chi connectivity index (χ4n) is 0.660. The van der Waals surface area contributed by atoms with E-state index in [0.29, 0.717) is 6.54 Å². The van der Waals surface area contributed by atoms with Gasteiger partial charge in [0.1, 0.15) is 0 Å². The molecular weight excluding hydrogens is 126 g/mol. The Kier molecular flexibility index (Phi) is 1.54. The molecule has 1 heterocycles. The highest BCUT2D eigenvalue weighted by Crippen LogP contribution is 2.11. The van der Waals surface area contributed by atoms with Gasteiger partial charge in [0.15, 0.2) is 5.54 Å². The van der Waals surface area contributed by atoms with Crippen LogP contribution in [0.3, 0.4) is 0 Å². The predicted octanol–water partition coefficient (Wildman–Crippen LogP) is 0.814. The second-order valence-corrected chi connectivity index (χ2v) is 2.60. The van der Waals surface area contributed by atoms with Crippen LogP contribution in [-0.4, -0.2) is 24.0 Å². The minimum Gasteiger partial charge on any atom is -0.285 e. The predicted molar refractivity (Wildman–Crippen MR) is 40.5 cm³/mol. The Balaban J connectivity index is 2.80. The lowest BCUT2D eigenvalue weighted by molar-refractivity contribution is 0.614. The molecule has 0 radical (unpaired) electrons. The highest BCUT2D eigenvalue weighted by atomic mass is 15.0. The second kappa shape index (κ2) is 2.22. The summed E-state index contributed by atoms with van der Waals surface area (Å²) < 4.78 is 0. The van der Waals surface area contributed by atoms with Crippen LogP contribution in [-0.2, 0) is 0 Å². The van der Waals surface area contributed by atoms with Crippen LogP contribution in [0, 0.1) is 11.3 Å². The number of rotatable bonds is 0. The van der Waals surface area contributed by atoms with Crippen LogP contribution in [0.2, 0.25) is 0 Å². The minimum atomic E-state index is -0.612. The summed E-state index contributed by atoms with van der Waals surface area (Å²) in [6, 6.07) is 2.10. The molecule has 3 nitrogen and oxygen atoms in total. The molecule has 1 aliphatic heterocycles. The highest BCUT2D eigenvalue weighted by Gasteiger charge is 2.23. The lowest BCUT2D eigenvalue weighted by atomic mass is 10.1. The maximum atomic E-state index is 8.60. The van der Waals surface area contributed by atoms with Gasteiger partial charge in [0.25, 0.3) is 0 Å². The molecule has 10 heavy (non-hydrogen) atoms. The highest BCUT2D eigenvalue weighted by molar-refractivity contribution is 6.30. The van der Waals surface area contributed by atoms with E-state index in [9.17, 15) is 0 Å². The zero-order chi connectivity index (χ0) is 7.61. The van der Waals surface area contributed by atoms with E-state index in [1.165, 1.54) is 0 Å². The second-order valence-electron chi connectivity index (χ2n) is 2.60. The van der Waals surface area contributed by atoms with Crippen molar-refractivity contribution in [1.29, 1.82) is 5.26 Å². The molecule has 0 N–H and O–H groups in total. The summed E-state index contributed by atoms with van der Waals surface area (Å²) in [7, 11) is 0. The summed E-state index contributed by atoms with van der Waals surface area (Å²) in [6.07, 6.45) is 1.65. The summed E-state index contributed by atoms with van der Waals surface area (Å²) in [4.78, 5) is 8.14. The van der Waals surface area contributed by atoms with Gasteiger partial charge in [-0.05, 0) is 13.8 Å². The molecular formula is C7H9N3. The molecule has 0 fully saturated rings. The van der Waals surface area contributed by atoms with Gasteiger partial charge in [0.05, 0.1) is 12.6 Å². The van der Waals surface area contributed by atoms with Gasteiger partial charge >= 0.3 is 0 Å². The van der Waals surface area contributed by atoms with Gasteiger partial charge in [0, 0.05) is 11.9 Å². The first-order valence-electron chi connectivity index (χ1n) is 3.14. The number of hydrogen-bond donors (Lipinski definition) is 0. The number of aliphatic imine (C=N–C) groups is 2. The van der Waals surface area contributed by atoms with Gasteiger partial charge in [-0.2, -0.15) is 5.26 Å². The Hall–Kier alpha value is -1.17. The van der Waals surface area contributed by atoms with Crippen molar-refractivity contribution in [2.45, 2.75) is 19.4 Å². The van der Waals surface area contributed by atoms with E-state index >= 15 is 0 Å². The molecule has 0 aliphatic carbocycles. The van der Waals surface area contributed by atoms with Crippen LogP contribution in [0.4, 0.5) is 0 Å². The summed E-state index contributed by atoms with van der Waals surface area (Å²) in [5, 5.41) is 8.60. The summed E-state index contributed by atoms with van der Waals surface area (Å²) in [5.41, 5.74) is 0.284. The Morgan fingerprint density at radius 1 is 1.80 bits per heavy atom. The largest absolute Gasteiger partial charge is 0.285 e. The minimum absolute atomic E-state index is 0.492. The van der Waals surface area contributed by atoms with Gasteiger partial charge in [-0.1, -0.05) is 0 Å². The molecule has 0 amide bonds. The Morgan fingerprint density at radius 3 is 2.90 bits per heavy atom. The fraction of sp³-hybridized carbons (Fsp3) is 0.571. The molecule has 0 bridgehead atoms. The molecule has 3 heteroatoms. The van der Waals surface area contributed by atoms with E-state index in [-0.39, 0.29) is 0 Å². The monoisotopic (exact) mass is 135 g/mol. The van der Waals surface area contributed by atoms with Gasteiger partial charge in [-0.3, -0.25) is 9.98 Å². The van der Waals surface area contributed by atoms with Crippen LogP contribution >= 0.6 is 0 Å². The molecule has 0 aromatic carbocycles. The third kappa shape index (κ3) is 1.21. The molecule has 1 atom stereocenters. The Labute approximate surface area is 60.1 Å². The standard InChI is InChI=1S/C7H9N3/c1-6-3-10-7(2,4-8)5-9-6/h3H,5H2,1-2H3. The molecule has 1 rings (SSSR count). The van der Waals surface area contributed by atoms with E-state index in [1.54, 1.807) is 13.1 Å². The summed E-state index contributed by atoms with van der Waals surface area (Å²) in [6.45, 7) is 4.14. The first-order chi connectivity index (χ1) is 4.66. The van der Waals surface area contributed by atoms with Crippen molar-refractivity contribution in [1.82, 2.24) is 0 Å². The molecule has 1 aliphatic rings. The van der Waals surface area contributed by atoms with Crippen molar-refractivity contribution in [2.75, 3.05) is 6.54 Å². The van der Waals surface area contributed by atoms with Gasteiger partial charge in [-0.15, -0.1) is 0 Å². The number of nitriles is 1. The van der Waals surface area contributed by atoms with Gasteiger partial charge < -0.3 is 0 Å². The van der Waals surface area contributed by atoms with E-state index < -0.39 is 5.54 Å². The van der Waals surface area contributed by atoms with Gasteiger partial charge in [0.2, 0.25) is 0 Å². The Morgan fingerprint density at radius 2 is 2.50 bits per heavy atom. The average molecular weight is 135 g/mol. The van der Waals surface area contributed by atoms with Crippen molar-refractivity contribution in [2.24, 2.45) is 9.98 Å². The van der Waals surface area contributed by atoms with Crippen LogP contribution in [0.25, 0.3) is 0 Å². The SMILES string of the molecule is CC1=NCC(C)(C#N)N=C1. The molecule has 0 aromatic heterocycles. The quantitative estimate of drug-likeness (QED) is 0.485. The zero-order valence-electron chi connectivity index (χ0n) is 6.13. The van der Waals surface area contributed by atoms with Crippen LogP contribution < -0.4 is 0 Å². The first-order valence-corrected chi connectivity index (χ1v) is 3.14. The van der Waals surface area contributed by atoms with E-state index in [4.69, 9.17) is 5.26 Å². The topological polar surface area (TPSA) is 48.5 Å². The van der Waals surface area contributed by atoms with Crippen LogP contribution in [0.5, 0.6) is 0 Å².